The zero-order valence-electron chi connectivity index (χ0n) is 16.4. The Labute approximate surface area is 168 Å². The predicted molar refractivity (Wildman–Crippen MR) is 111 cm³/mol. The summed E-state index contributed by atoms with van der Waals surface area (Å²) in [7, 11) is 1.64. The molecule has 0 spiro atoms. The average molecular weight is 390 g/mol. The van der Waals surface area contributed by atoms with E-state index in [0.29, 0.717) is 27.7 Å². The molecular formula is C22H22N4O3. The van der Waals surface area contributed by atoms with Gasteiger partial charge in [-0.3, -0.25) is 14.4 Å². The fraction of sp³-hybridized carbons (Fsp3) is 0.273. The molecule has 0 aliphatic carbocycles. The van der Waals surface area contributed by atoms with Gasteiger partial charge in [0.05, 0.1) is 17.2 Å². The van der Waals surface area contributed by atoms with Crippen molar-refractivity contribution in [2.75, 3.05) is 18.4 Å². The van der Waals surface area contributed by atoms with Crippen LogP contribution in [0.25, 0.3) is 10.9 Å². The zero-order valence-corrected chi connectivity index (χ0v) is 16.4. The number of likely N-dealkylation sites (tertiary alicyclic amines) is 1. The molecule has 1 aliphatic heterocycles. The summed E-state index contributed by atoms with van der Waals surface area (Å²) in [5, 5.41) is 3.34. The number of anilines is 1. The van der Waals surface area contributed by atoms with Gasteiger partial charge in [0.2, 0.25) is 0 Å². The van der Waals surface area contributed by atoms with Crippen LogP contribution in [0.4, 0.5) is 5.69 Å². The van der Waals surface area contributed by atoms with Gasteiger partial charge >= 0.3 is 0 Å². The minimum atomic E-state index is -0.295. The Kier molecular flexibility index (Phi) is 4.88. The first-order chi connectivity index (χ1) is 13.9. The summed E-state index contributed by atoms with van der Waals surface area (Å²) in [5.74, 6) is -0.262. The monoisotopic (exact) mass is 390 g/mol. The first kappa shape index (κ1) is 18.9. The van der Waals surface area contributed by atoms with Crippen molar-refractivity contribution in [3.05, 3.63) is 69.8 Å². The van der Waals surface area contributed by atoms with E-state index in [9.17, 15) is 14.4 Å². The number of aromatic nitrogens is 2. The van der Waals surface area contributed by atoms with Gasteiger partial charge in [0, 0.05) is 37.0 Å². The van der Waals surface area contributed by atoms with Crippen LogP contribution in [0, 0.1) is 6.92 Å². The van der Waals surface area contributed by atoms with Crippen LogP contribution < -0.4 is 10.9 Å². The fourth-order valence-corrected chi connectivity index (χ4v) is 3.59. The van der Waals surface area contributed by atoms with E-state index in [2.05, 4.69) is 10.3 Å². The lowest BCUT2D eigenvalue weighted by Crippen LogP contribution is -2.27. The van der Waals surface area contributed by atoms with E-state index in [-0.39, 0.29) is 17.4 Å². The van der Waals surface area contributed by atoms with Crippen molar-refractivity contribution >= 4 is 28.4 Å². The third-order valence-corrected chi connectivity index (χ3v) is 5.30. The summed E-state index contributed by atoms with van der Waals surface area (Å²) in [4.78, 5) is 43.4. The van der Waals surface area contributed by atoms with Crippen LogP contribution >= 0.6 is 0 Å². The van der Waals surface area contributed by atoms with Crippen molar-refractivity contribution < 1.29 is 9.59 Å². The molecule has 7 nitrogen and oxygen atoms in total. The second-order valence-corrected chi connectivity index (χ2v) is 7.38. The van der Waals surface area contributed by atoms with Crippen LogP contribution in [0.15, 0.2) is 47.5 Å². The summed E-state index contributed by atoms with van der Waals surface area (Å²) in [6.07, 6.45) is 3.53. The third kappa shape index (κ3) is 3.63. The molecule has 4 rings (SSSR count). The quantitative estimate of drug-likeness (QED) is 0.745. The minimum absolute atomic E-state index is 0.0330. The summed E-state index contributed by atoms with van der Waals surface area (Å²) >= 11 is 0. The Balaban J connectivity index is 1.55. The number of carbonyl (C=O) groups is 2. The number of amides is 2. The van der Waals surface area contributed by atoms with Crippen molar-refractivity contribution in [1.82, 2.24) is 14.5 Å². The van der Waals surface area contributed by atoms with Gasteiger partial charge in [-0.25, -0.2) is 4.98 Å². The lowest BCUT2D eigenvalue weighted by Gasteiger charge is -2.16. The molecule has 2 amide bonds. The van der Waals surface area contributed by atoms with Crippen molar-refractivity contribution in [3.8, 4) is 0 Å². The number of fused-ring (bicyclic) bond motifs is 1. The van der Waals surface area contributed by atoms with Gasteiger partial charge in [0.1, 0.15) is 0 Å². The Morgan fingerprint density at radius 1 is 1.03 bits per heavy atom. The first-order valence-electron chi connectivity index (χ1n) is 9.61. The summed E-state index contributed by atoms with van der Waals surface area (Å²) in [6.45, 7) is 3.47. The Morgan fingerprint density at radius 2 is 1.76 bits per heavy atom. The number of nitrogens with zero attached hydrogens (tertiary/aromatic N) is 3. The molecule has 1 N–H and O–H groups in total. The number of aryl methyl sites for hydroxylation is 2. The van der Waals surface area contributed by atoms with Crippen LogP contribution in [-0.2, 0) is 7.05 Å². The molecule has 1 aromatic heterocycles. The lowest BCUT2D eigenvalue weighted by atomic mass is 10.1. The summed E-state index contributed by atoms with van der Waals surface area (Å²) in [6, 6.07) is 10.1. The smallest absolute Gasteiger partial charge is 0.260 e. The Bertz CT molecular complexity index is 1180. The van der Waals surface area contributed by atoms with Crippen molar-refractivity contribution in [2.24, 2.45) is 7.05 Å². The molecule has 3 aromatic rings. The van der Waals surface area contributed by atoms with Crippen molar-refractivity contribution in [3.63, 3.8) is 0 Å². The van der Waals surface area contributed by atoms with E-state index in [1.807, 2.05) is 17.9 Å². The maximum atomic E-state index is 12.7. The normalized spacial score (nSPS) is 13.7. The first-order valence-corrected chi connectivity index (χ1v) is 9.61. The largest absolute Gasteiger partial charge is 0.339 e. The molecule has 0 unspecified atom stereocenters. The average Bonchev–Trinajstić information content (AvgIpc) is 3.26. The van der Waals surface area contributed by atoms with Crippen LogP contribution in [0.3, 0.4) is 0 Å². The van der Waals surface area contributed by atoms with Crippen molar-refractivity contribution in [1.29, 1.82) is 0 Å². The second kappa shape index (κ2) is 7.50. The van der Waals surface area contributed by atoms with Crippen LogP contribution in [0.1, 0.15) is 39.1 Å². The van der Waals surface area contributed by atoms with Gasteiger partial charge in [0.25, 0.3) is 17.4 Å². The summed E-state index contributed by atoms with van der Waals surface area (Å²) < 4.78 is 1.40. The molecule has 2 aromatic carbocycles. The number of nitrogens with one attached hydrogen (secondary N) is 1. The Hall–Kier alpha value is -3.48. The highest BCUT2D eigenvalue weighted by molar-refractivity contribution is 6.06. The topological polar surface area (TPSA) is 84.3 Å². The molecule has 1 saturated heterocycles. The highest BCUT2D eigenvalue weighted by atomic mass is 16.2. The van der Waals surface area contributed by atoms with Crippen molar-refractivity contribution in [2.45, 2.75) is 19.8 Å². The van der Waals surface area contributed by atoms with Gasteiger partial charge in [-0.2, -0.15) is 0 Å². The third-order valence-electron chi connectivity index (χ3n) is 5.30. The van der Waals surface area contributed by atoms with E-state index in [0.717, 1.165) is 31.5 Å². The van der Waals surface area contributed by atoms with Gasteiger partial charge in [-0.15, -0.1) is 0 Å². The highest BCUT2D eigenvalue weighted by Crippen LogP contribution is 2.21. The number of rotatable bonds is 3. The SMILES string of the molecule is Cc1cc(C(=O)N2CCCC2)ccc1NC(=O)c1ccc2c(=O)n(C)cnc2c1. The molecule has 1 aliphatic rings. The van der Waals surface area contributed by atoms with E-state index in [1.54, 1.807) is 37.4 Å². The van der Waals surface area contributed by atoms with Crippen LogP contribution in [0.5, 0.6) is 0 Å². The predicted octanol–water partition coefficient (Wildman–Crippen LogP) is 2.73. The number of hydrogen-bond acceptors (Lipinski definition) is 4. The number of benzene rings is 2. The van der Waals surface area contributed by atoms with Gasteiger partial charge in [-0.1, -0.05) is 0 Å². The molecule has 0 bridgehead atoms. The van der Waals surface area contributed by atoms with E-state index >= 15 is 0 Å². The van der Waals surface area contributed by atoms with Crippen LogP contribution in [0.2, 0.25) is 0 Å². The zero-order chi connectivity index (χ0) is 20.5. The molecule has 2 heterocycles. The molecule has 7 heteroatoms. The summed E-state index contributed by atoms with van der Waals surface area (Å²) in [5.41, 5.74) is 2.82. The molecule has 29 heavy (non-hydrogen) atoms. The van der Waals surface area contributed by atoms with E-state index in [4.69, 9.17) is 0 Å². The molecular weight excluding hydrogens is 368 g/mol. The second-order valence-electron chi connectivity index (χ2n) is 7.38. The maximum Gasteiger partial charge on any atom is 0.260 e. The standard InChI is InChI=1S/C22H22N4O3/c1-14-11-16(21(28)26-9-3-4-10-26)6-8-18(14)24-20(27)15-5-7-17-19(12-15)23-13-25(2)22(17)29/h5-8,11-13H,3-4,9-10H2,1-2H3,(H,24,27). The van der Waals surface area contributed by atoms with E-state index < -0.39 is 0 Å². The van der Waals surface area contributed by atoms with Crippen LogP contribution in [-0.4, -0.2) is 39.4 Å². The van der Waals surface area contributed by atoms with Gasteiger partial charge in [-0.05, 0) is 61.7 Å². The fourth-order valence-electron chi connectivity index (χ4n) is 3.59. The maximum absolute atomic E-state index is 12.7. The molecule has 0 saturated carbocycles. The number of hydrogen-bond donors (Lipinski definition) is 1. The Morgan fingerprint density at radius 3 is 2.48 bits per heavy atom. The molecule has 1 fully saturated rings. The molecule has 0 atom stereocenters. The number of carbonyl (C=O) groups excluding carboxylic acids is 2. The molecule has 0 radical (unpaired) electrons. The van der Waals surface area contributed by atoms with Gasteiger partial charge in [0.15, 0.2) is 0 Å². The van der Waals surface area contributed by atoms with Gasteiger partial charge < -0.3 is 14.8 Å². The lowest BCUT2D eigenvalue weighted by molar-refractivity contribution is 0.0792. The molecule has 148 valence electrons. The minimum Gasteiger partial charge on any atom is -0.339 e. The highest BCUT2D eigenvalue weighted by Gasteiger charge is 2.20. The van der Waals surface area contributed by atoms with E-state index in [1.165, 1.54) is 10.9 Å².